The van der Waals surface area contributed by atoms with E-state index >= 15 is 0 Å². The van der Waals surface area contributed by atoms with Gasteiger partial charge >= 0.3 is 0 Å². The van der Waals surface area contributed by atoms with Gasteiger partial charge in [0.15, 0.2) is 0 Å². The van der Waals surface area contributed by atoms with Crippen molar-refractivity contribution in [2.45, 2.75) is 51.5 Å². The molecule has 0 bridgehead atoms. The molecule has 2 aliphatic rings. The third kappa shape index (κ3) is 7.18. The third-order valence-electron chi connectivity index (χ3n) is 4.46. The van der Waals surface area contributed by atoms with Crippen LogP contribution in [0.15, 0.2) is 0 Å². The molecule has 0 aromatic carbocycles. The van der Waals surface area contributed by atoms with Crippen LogP contribution in [-0.2, 0) is 4.79 Å². The lowest BCUT2D eigenvalue weighted by atomic mass is 9.89. The van der Waals surface area contributed by atoms with Gasteiger partial charge in [-0.15, -0.1) is 24.8 Å². The predicted molar refractivity (Wildman–Crippen MR) is 92.4 cm³/mol. The normalized spacial score (nSPS) is 22.1. The molecule has 1 aliphatic carbocycles. The Kier molecular flexibility index (Phi) is 10.6. The first-order valence-electron chi connectivity index (χ1n) is 7.91. The second-order valence-electron chi connectivity index (χ2n) is 6.37. The Bertz CT molecular complexity index is 289. The minimum atomic E-state index is -0.0206. The van der Waals surface area contributed by atoms with Gasteiger partial charge in [-0.25, -0.2) is 0 Å². The molecule has 2 N–H and O–H groups in total. The van der Waals surface area contributed by atoms with Crippen LogP contribution in [0.25, 0.3) is 0 Å². The molecule has 1 saturated carbocycles. The highest BCUT2D eigenvalue weighted by molar-refractivity contribution is 5.85. The van der Waals surface area contributed by atoms with E-state index in [4.69, 9.17) is 5.73 Å². The van der Waals surface area contributed by atoms with Crippen LogP contribution in [0.1, 0.15) is 45.4 Å². The first kappa shape index (κ1) is 21.0. The number of hydrogen-bond donors (Lipinski definition) is 1. The number of carbonyl (C=O) groups excluding carboxylic acids is 1. The average Bonchev–Trinajstić information content (AvgIpc) is 2.40. The molecule has 6 heteroatoms. The number of nitrogens with two attached hydrogens (primary N) is 1. The summed E-state index contributed by atoms with van der Waals surface area (Å²) in [6.45, 7) is 7.01. The van der Waals surface area contributed by atoms with Crippen LogP contribution in [0.4, 0.5) is 0 Å². The largest absolute Gasteiger partial charge is 0.340 e. The highest BCUT2D eigenvalue weighted by Crippen LogP contribution is 2.24. The molecule has 0 radical (unpaired) electrons. The Balaban J connectivity index is 0.00000200. The molecule has 21 heavy (non-hydrogen) atoms. The molecule has 1 amide bonds. The Hall–Kier alpha value is -0.0300. The van der Waals surface area contributed by atoms with E-state index in [-0.39, 0.29) is 36.8 Å². The Labute approximate surface area is 141 Å². The Morgan fingerprint density at radius 1 is 1.10 bits per heavy atom. The van der Waals surface area contributed by atoms with Gasteiger partial charge in [0.05, 0.1) is 0 Å². The summed E-state index contributed by atoms with van der Waals surface area (Å²) in [5.74, 6) is 1.13. The number of halogens is 2. The molecule has 126 valence electrons. The smallest absolute Gasteiger partial charge is 0.224 e. The number of hydrogen-bond acceptors (Lipinski definition) is 3. The van der Waals surface area contributed by atoms with E-state index in [1.165, 1.54) is 38.6 Å². The van der Waals surface area contributed by atoms with Gasteiger partial charge in [-0.1, -0.05) is 19.3 Å². The first-order chi connectivity index (χ1) is 9.15. The van der Waals surface area contributed by atoms with Gasteiger partial charge in [0, 0.05) is 45.2 Å². The van der Waals surface area contributed by atoms with Crippen LogP contribution in [0.5, 0.6) is 0 Å². The molecular formula is C15H31Cl2N3O. The summed E-state index contributed by atoms with van der Waals surface area (Å²) in [4.78, 5) is 16.5. The maximum atomic E-state index is 11.9. The fourth-order valence-corrected chi connectivity index (χ4v) is 3.32. The topological polar surface area (TPSA) is 49.6 Å². The van der Waals surface area contributed by atoms with Crippen molar-refractivity contribution >= 4 is 30.7 Å². The Morgan fingerprint density at radius 3 is 2.19 bits per heavy atom. The van der Waals surface area contributed by atoms with Gasteiger partial charge in [0.1, 0.15) is 0 Å². The van der Waals surface area contributed by atoms with Gasteiger partial charge in [0.2, 0.25) is 5.91 Å². The zero-order valence-electron chi connectivity index (χ0n) is 13.1. The van der Waals surface area contributed by atoms with E-state index in [0.717, 1.165) is 32.1 Å². The molecule has 2 rings (SSSR count). The molecule has 4 nitrogen and oxygen atoms in total. The van der Waals surface area contributed by atoms with E-state index in [9.17, 15) is 4.79 Å². The van der Waals surface area contributed by atoms with Gasteiger partial charge in [-0.05, 0) is 25.7 Å². The summed E-state index contributed by atoms with van der Waals surface area (Å²) >= 11 is 0. The van der Waals surface area contributed by atoms with Crippen LogP contribution in [0, 0.1) is 5.92 Å². The van der Waals surface area contributed by atoms with E-state index in [1.807, 2.05) is 11.8 Å². The third-order valence-corrected chi connectivity index (χ3v) is 4.46. The summed E-state index contributed by atoms with van der Waals surface area (Å²) in [6, 6.07) is -0.0206. The van der Waals surface area contributed by atoms with E-state index in [1.54, 1.807) is 0 Å². The Morgan fingerprint density at radius 2 is 1.67 bits per heavy atom. The van der Waals surface area contributed by atoms with E-state index in [0.29, 0.717) is 6.42 Å². The quantitative estimate of drug-likeness (QED) is 0.854. The van der Waals surface area contributed by atoms with Crippen molar-refractivity contribution in [1.82, 2.24) is 9.80 Å². The van der Waals surface area contributed by atoms with Crippen molar-refractivity contribution in [3.05, 3.63) is 0 Å². The summed E-state index contributed by atoms with van der Waals surface area (Å²) < 4.78 is 0. The number of nitrogens with zero attached hydrogens (tertiary/aromatic N) is 2. The highest BCUT2D eigenvalue weighted by Gasteiger charge is 2.24. The van der Waals surface area contributed by atoms with Gasteiger partial charge < -0.3 is 10.6 Å². The minimum absolute atomic E-state index is 0. The number of carbonyl (C=O) groups is 1. The average molecular weight is 340 g/mol. The molecule has 2 fully saturated rings. The van der Waals surface area contributed by atoms with E-state index in [2.05, 4.69) is 4.90 Å². The summed E-state index contributed by atoms with van der Waals surface area (Å²) in [5.41, 5.74) is 5.69. The van der Waals surface area contributed by atoms with Crippen LogP contribution in [-0.4, -0.2) is 54.5 Å². The number of piperazine rings is 1. The van der Waals surface area contributed by atoms with Crippen molar-refractivity contribution in [3.8, 4) is 0 Å². The van der Waals surface area contributed by atoms with Gasteiger partial charge in [0.25, 0.3) is 0 Å². The van der Waals surface area contributed by atoms with Crippen molar-refractivity contribution in [2.24, 2.45) is 11.7 Å². The zero-order valence-corrected chi connectivity index (χ0v) is 14.8. The fourth-order valence-electron chi connectivity index (χ4n) is 3.32. The predicted octanol–water partition coefficient (Wildman–Crippen LogP) is 2.29. The van der Waals surface area contributed by atoms with Crippen LogP contribution in [0.2, 0.25) is 0 Å². The molecule has 1 saturated heterocycles. The molecule has 1 aliphatic heterocycles. The first-order valence-corrected chi connectivity index (χ1v) is 7.91. The monoisotopic (exact) mass is 339 g/mol. The van der Waals surface area contributed by atoms with Gasteiger partial charge in [-0.2, -0.15) is 0 Å². The lowest BCUT2D eigenvalue weighted by Gasteiger charge is -2.37. The maximum absolute atomic E-state index is 11.9. The van der Waals surface area contributed by atoms with Crippen LogP contribution in [0.3, 0.4) is 0 Å². The van der Waals surface area contributed by atoms with Crippen molar-refractivity contribution in [3.63, 3.8) is 0 Å². The summed E-state index contributed by atoms with van der Waals surface area (Å²) in [7, 11) is 0. The lowest BCUT2D eigenvalue weighted by molar-refractivity contribution is -0.133. The summed E-state index contributed by atoms with van der Waals surface area (Å²) in [6.07, 6.45) is 7.56. The molecule has 1 heterocycles. The molecule has 1 atom stereocenters. The van der Waals surface area contributed by atoms with Crippen molar-refractivity contribution in [1.29, 1.82) is 0 Å². The number of rotatable bonds is 4. The van der Waals surface area contributed by atoms with Crippen molar-refractivity contribution in [2.75, 3.05) is 32.7 Å². The minimum Gasteiger partial charge on any atom is -0.340 e. The second-order valence-corrected chi connectivity index (χ2v) is 6.37. The molecule has 0 spiro atoms. The second kappa shape index (κ2) is 10.7. The maximum Gasteiger partial charge on any atom is 0.224 e. The fraction of sp³-hybridized carbons (Fsp3) is 0.933. The molecule has 0 aromatic rings. The summed E-state index contributed by atoms with van der Waals surface area (Å²) in [5, 5.41) is 0. The molecular weight excluding hydrogens is 309 g/mol. The standard InChI is InChI=1S/C15H29N3O.2ClH/c1-13(16)11-15(19)18-9-7-17(8-10-18)12-14-5-3-2-4-6-14;;/h13-14H,2-12,16H2,1H3;2*1H. The van der Waals surface area contributed by atoms with Gasteiger partial charge in [-0.3, -0.25) is 9.69 Å². The molecule has 1 unspecified atom stereocenters. The molecule has 0 aromatic heterocycles. The number of amides is 1. The highest BCUT2D eigenvalue weighted by atomic mass is 35.5. The van der Waals surface area contributed by atoms with Crippen molar-refractivity contribution < 1.29 is 4.79 Å². The SMILES string of the molecule is CC(N)CC(=O)N1CCN(CC2CCCCC2)CC1.Cl.Cl. The zero-order chi connectivity index (χ0) is 13.7. The van der Waals surface area contributed by atoms with Crippen LogP contribution < -0.4 is 5.73 Å². The lowest BCUT2D eigenvalue weighted by Crippen LogP contribution is -2.50. The van der Waals surface area contributed by atoms with E-state index < -0.39 is 0 Å². The van der Waals surface area contributed by atoms with Crippen LogP contribution >= 0.6 is 24.8 Å².